The zero-order chi connectivity index (χ0) is 14.5. The van der Waals surface area contributed by atoms with Crippen molar-refractivity contribution in [1.82, 2.24) is 4.98 Å². The van der Waals surface area contributed by atoms with Gasteiger partial charge in [-0.05, 0) is 51.8 Å². The van der Waals surface area contributed by atoms with Gasteiger partial charge in [-0.25, -0.2) is 4.98 Å². The van der Waals surface area contributed by atoms with E-state index >= 15 is 0 Å². The molecule has 0 bridgehead atoms. The number of hydrogen-bond acceptors (Lipinski definition) is 4. The number of carbonyl (C=O) groups excluding carboxylic acids is 1. The number of aldehydes is 1. The van der Waals surface area contributed by atoms with Gasteiger partial charge in [-0.2, -0.15) is 0 Å². The highest BCUT2D eigenvalue weighted by Crippen LogP contribution is 2.19. The Bertz CT molecular complexity index is 681. The molecule has 2 aromatic rings. The van der Waals surface area contributed by atoms with E-state index in [9.17, 15) is 14.9 Å². The van der Waals surface area contributed by atoms with Crippen molar-refractivity contribution in [3.63, 3.8) is 0 Å². The quantitative estimate of drug-likeness (QED) is 0.282. The molecular formula is C14H9BrN2O3. The van der Waals surface area contributed by atoms with E-state index in [4.69, 9.17) is 0 Å². The second-order valence-electron chi connectivity index (χ2n) is 3.91. The molecule has 0 aliphatic rings. The number of nitro groups is 1. The summed E-state index contributed by atoms with van der Waals surface area (Å²) in [5, 5.41) is 10.6. The summed E-state index contributed by atoms with van der Waals surface area (Å²) >= 11 is 3.24. The molecule has 1 aromatic heterocycles. The second kappa shape index (κ2) is 6.21. The lowest BCUT2D eigenvalue weighted by atomic mass is 10.1. The van der Waals surface area contributed by atoms with Gasteiger partial charge < -0.3 is 0 Å². The predicted molar refractivity (Wildman–Crippen MR) is 79.0 cm³/mol. The molecule has 1 aromatic carbocycles. The number of nitrogens with zero attached hydrogens (tertiary/aromatic N) is 2. The van der Waals surface area contributed by atoms with Crippen molar-refractivity contribution in [2.75, 3.05) is 0 Å². The highest BCUT2D eigenvalue weighted by molar-refractivity contribution is 9.10. The lowest BCUT2D eigenvalue weighted by molar-refractivity contribution is -0.384. The van der Waals surface area contributed by atoms with Crippen LogP contribution < -0.4 is 0 Å². The topological polar surface area (TPSA) is 73.1 Å². The summed E-state index contributed by atoms with van der Waals surface area (Å²) in [5.41, 5.74) is 1.64. The number of aromatic nitrogens is 1. The van der Waals surface area contributed by atoms with E-state index in [1.165, 1.54) is 12.1 Å². The first-order valence-corrected chi connectivity index (χ1v) is 6.44. The van der Waals surface area contributed by atoms with Crippen LogP contribution in [-0.4, -0.2) is 16.2 Å². The standard InChI is InChI=1S/C14H9BrN2O3/c15-14-3-1-2-13(16-14)11(9-18)8-10-4-6-12(7-5-10)17(19)20/h1-9H. The summed E-state index contributed by atoms with van der Waals surface area (Å²) in [7, 11) is 0. The fourth-order valence-electron chi connectivity index (χ4n) is 1.61. The van der Waals surface area contributed by atoms with Gasteiger partial charge in [-0.1, -0.05) is 6.07 Å². The summed E-state index contributed by atoms with van der Waals surface area (Å²) < 4.78 is 0.631. The highest BCUT2D eigenvalue weighted by atomic mass is 79.9. The molecule has 0 fully saturated rings. The molecule has 0 aliphatic heterocycles. The maximum Gasteiger partial charge on any atom is 0.269 e. The number of halogens is 1. The molecule has 0 aliphatic carbocycles. The maximum atomic E-state index is 11.2. The largest absolute Gasteiger partial charge is 0.298 e. The number of rotatable bonds is 4. The van der Waals surface area contributed by atoms with Crippen LogP contribution in [0, 0.1) is 10.1 Å². The molecule has 0 saturated heterocycles. The third-order valence-corrected chi connectivity index (χ3v) is 3.01. The summed E-state index contributed by atoms with van der Waals surface area (Å²) in [6, 6.07) is 11.2. The van der Waals surface area contributed by atoms with E-state index < -0.39 is 4.92 Å². The number of benzene rings is 1. The molecular weight excluding hydrogens is 324 g/mol. The van der Waals surface area contributed by atoms with Crippen LogP contribution in [0.25, 0.3) is 11.6 Å². The fourth-order valence-corrected chi connectivity index (χ4v) is 1.95. The van der Waals surface area contributed by atoms with E-state index in [1.807, 2.05) is 0 Å². The van der Waals surface area contributed by atoms with Gasteiger partial charge in [0.15, 0.2) is 6.29 Å². The van der Waals surface area contributed by atoms with Crippen LogP contribution in [0.15, 0.2) is 47.1 Å². The summed E-state index contributed by atoms with van der Waals surface area (Å²) in [5.74, 6) is 0. The number of non-ortho nitro benzene ring substituents is 1. The van der Waals surface area contributed by atoms with Gasteiger partial charge >= 0.3 is 0 Å². The lowest BCUT2D eigenvalue weighted by Crippen LogP contribution is -1.91. The number of pyridine rings is 1. The van der Waals surface area contributed by atoms with Crippen LogP contribution in [0.4, 0.5) is 5.69 Å². The Kier molecular flexibility index (Phi) is 4.37. The van der Waals surface area contributed by atoms with Crippen molar-refractivity contribution in [3.8, 4) is 0 Å². The Balaban J connectivity index is 2.36. The van der Waals surface area contributed by atoms with Gasteiger partial charge in [0.25, 0.3) is 5.69 Å². The van der Waals surface area contributed by atoms with Gasteiger partial charge in [-0.15, -0.1) is 0 Å². The minimum atomic E-state index is -0.468. The summed E-state index contributed by atoms with van der Waals surface area (Å²) in [6.07, 6.45) is 2.34. The molecule has 1 heterocycles. The minimum Gasteiger partial charge on any atom is -0.298 e. The Labute approximate surface area is 123 Å². The average Bonchev–Trinajstić information content (AvgIpc) is 2.45. The van der Waals surface area contributed by atoms with Crippen molar-refractivity contribution in [2.24, 2.45) is 0 Å². The maximum absolute atomic E-state index is 11.2. The highest BCUT2D eigenvalue weighted by Gasteiger charge is 2.05. The summed E-state index contributed by atoms with van der Waals surface area (Å²) in [6.45, 7) is 0. The fraction of sp³-hybridized carbons (Fsp3) is 0. The molecule has 5 nitrogen and oxygen atoms in total. The van der Waals surface area contributed by atoms with Gasteiger partial charge in [0.05, 0.1) is 10.6 Å². The molecule has 0 radical (unpaired) electrons. The van der Waals surface area contributed by atoms with Crippen LogP contribution in [-0.2, 0) is 4.79 Å². The molecule has 0 N–H and O–H groups in total. The Hall–Kier alpha value is -2.34. The van der Waals surface area contributed by atoms with Crippen LogP contribution in [0.2, 0.25) is 0 Å². The van der Waals surface area contributed by atoms with Gasteiger partial charge in [-0.3, -0.25) is 14.9 Å². The number of allylic oxidation sites excluding steroid dienone is 1. The van der Waals surface area contributed by atoms with Crippen LogP contribution >= 0.6 is 15.9 Å². The second-order valence-corrected chi connectivity index (χ2v) is 4.72. The molecule has 0 atom stereocenters. The molecule has 0 unspecified atom stereocenters. The molecule has 2 rings (SSSR count). The first kappa shape index (κ1) is 14.1. The molecule has 100 valence electrons. The molecule has 0 amide bonds. The van der Waals surface area contributed by atoms with E-state index in [0.29, 0.717) is 27.7 Å². The van der Waals surface area contributed by atoms with Crippen LogP contribution in [0.3, 0.4) is 0 Å². The zero-order valence-corrected chi connectivity index (χ0v) is 11.8. The smallest absolute Gasteiger partial charge is 0.269 e. The first-order chi connectivity index (χ1) is 9.60. The van der Waals surface area contributed by atoms with Crippen molar-refractivity contribution in [1.29, 1.82) is 0 Å². The van der Waals surface area contributed by atoms with Crippen molar-refractivity contribution in [2.45, 2.75) is 0 Å². The van der Waals surface area contributed by atoms with Gasteiger partial charge in [0, 0.05) is 17.7 Å². The van der Waals surface area contributed by atoms with Crippen LogP contribution in [0.5, 0.6) is 0 Å². The monoisotopic (exact) mass is 332 g/mol. The minimum absolute atomic E-state index is 0.00961. The molecule has 6 heteroatoms. The van der Waals surface area contributed by atoms with E-state index in [0.717, 1.165) is 0 Å². The van der Waals surface area contributed by atoms with Crippen molar-refractivity contribution < 1.29 is 9.72 Å². The van der Waals surface area contributed by atoms with Crippen LogP contribution in [0.1, 0.15) is 11.3 Å². The third-order valence-electron chi connectivity index (χ3n) is 2.56. The molecule has 0 saturated carbocycles. The lowest BCUT2D eigenvalue weighted by Gasteiger charge is -2.01. The third kappa shape index (κ3) is 3.36. The van der Waals surface area contributed by atoms with E-state index in [-0.39, 0.29) is 5.69 Å². The first-order valence-electron chi connectivity index (χ1n) is 5.64. The number of nitro benzene ring substituents is 1. The van der Waals surface area contributed by atoms with E-state index in [1.54, 1.807) is 36.4 Å². The van der Waals surface area contributed by atoms with Gasteiger partial charge in [0.1, 0.15) is 4.60 Å². The number of hydrogen-bond donors (Lipinski definition) is 0. The van der Waals surface area contributed by atoms with E-state index in [2.05, 4.69) is 20.9 Å². The SMILES string of the molecule is O=CC(=Cc1ccc([N+](=O)[O-])cc1)c1cccc(Br)n1. The van der Waals surface area contributed by atoms with Gasteiger partial charge in [0.2, 0.25) is 0 Å². The van der Waals surface area contributed by atoms with Crippen molar-refractivity contribution in [3.05, 3.63) is 68.4 Å². The zero-order valence-electron chi connectivity index (χ0n) is 10.2. The Morgan fingerprint density at radius 1 is 1.20 bits per heavy atom. The summed E-state index contributed by atoms with van der Waals surface area (Å²) in [4.78, 5) is 25.5. The Morgan fingerprint density at radius 3 is 2.45 bits per heavy atom. The van der Waals surface area contributed by atoms with Crippen molar-refractivity contribution >= 4 is 39.6 Å². The Morgan fingerprint density at radius 2 is 1.90 bits per heavy atom. The average molecular weight is 333 g/mol. The molecule has 20 heavy (non-hydrogen) atoms. The normalized spacial score (nSPS) is 11.2. The predicted octanol–water partition coefficient (Wildman–Crippen LogP) is 3.49. The molecule has 0 spiro atoms. The number of carbonyl (C=O) groups is 1.